The van der Waals surface area contributed by atoms with Crippen LogP contribution < -0.4 is 0 Å². The van der Waals surface area contributed by atoms with E-state index in [0.717, 1.165) is 29.1 Å². The number of hydrogen-bond acceptors (Lipinski definition) is 3. The maximum atomic E-state index is 13.0. The fourth-order valence-electron chi connectivity index (χ4n) is 2.60. The SMILES string of the molecule is Fc1ccc(-c2cc(Cn3ccc(C4CC=CS4)n3)[nH]n2)cc1. The van der Waals surface area contributed by atoms with E-state index in [-0.39, 0.29) is 5.82 Å². The summed E-state index contributed by atoms with van der Waals surface area (Å²) < 4.78 is 14.9. The molecule has 1 aliphatic rings. The van der Waals surface area contributed by atoms with Crippen LogP contribution in [0.2, 0.25) is 0 Å². The second kappa shape index (κ2) is 6.04. The van der Waals surface area contributed by atoms with E-state index in [1.54, 1.807) is 12.1 Å². The number of nitrogens with zero attached hydrogens (tertiary/aromatic N) is 3. The third-order valence-electron chi connectivity index (χ3n) is 3.78. The molecular formula is C17H15FN4S. The monoisotopic (exact) mass is 326 g/mol. The van der Waals surface area contributed by atoms with E-state index in [0.29, 0.717) is 11.8 Å². The lowest BCUT2D eigenvalue weighted by molar-refractivity contribution is 0.628. The van der Waals surface area contributed by atoms with Crippen molar-refractivity contribution < 1.29 is 4.39 Å². The second-order valence-electron chi connectivity index (χ2n) is 5.46. The van der Waals surface area contributed by atoms with Crippen LogP contribution >= 0.6 is 11.8 Å². The highest BCUT2D eigenvalue weighted by Crippen LogP contribution is 2.37. The fourth-order valence-corrected chi connectivity index (χ4v) is 3.50. The van der Waals surface area contributed by atoms with Crippen molar-refractivity contribution in [3.05, 3.63) is 71.3 Å². The van der Waals surface area contributed by atoms with Crippen LogP contribution in [-0.4, -0.2) is 20.0 Å². The predicted octanol–water partition coefficient (Wildman–Crippen LogP) is 4.15. The van der Waals surface area contributed by atoms with E-state index >= 15 is 0 Å². The summed E-state index contributed by atoms with van der Waals surface area (Å²) in [7, 11) is 0. The molecule has 1 atom stereocenters. The van der Waals surface area contributed by atoms with E-state index < -0.39 is 0 Å². The molecule has 4 nitrogen and oxygen atoms in total. The number of nitrogens with one attached hydrogen (secondary N) is 1. The first-order valence-electron chi connectivity index (χ1n) is 7.42. The Kier molecular flexibility index (Phi) is 3.75. The molecule has 1 unspecified atom stereocenters. The lowest BCUT2D eigenvalue weighted by Crippen LogP contribution is -2.02. The lowest BCUT2D eigenvalue weighted by Gasteiger charge is -2.03. The molecule has 0 bridgehead atoms. The van der Waals surface area contributed by atoms with E-state index in [4.69, 9.17) is 0 Å². The average Bonchev–Trinajstić information content (AvgIpc) is 3.29. The molecule has 2 aromatic heterocycles. The van der Waals surface area contributed by atoms with Crippen LogP contribution in [0, 0.1) is 5.82 Å². The molecule has 0 radical (unpaired) electrons. The Bertz CT molecular complexity index is 826. The van der Waals surface area contributed by atoms with Gasteiger partial charge in [-0.2, -0.15) is 10.2 Å². The largest absolute Gasteiger partial charge is 0.280 e. The van der Waals surface area contributed by atoms with Crippen molar-refractivity contribution in [2.45, 2.75) is 18.2 Å². The Hall–Kier alpha value is -2.34. The topological polar surface area (TPSA) is 46.5 Å². The molecule has 0 saturated heterocycles. The molecule has 0 aliphatic carbocycles. The van der Waals surface area contributed by atoms with Gasteiger partial charge in [0, 0.05) is 11.8 Å². The molecule has 0 fully saturated rings. The minimum absolute atomic E-state index is 0.243. The number of thioether (sulfide) groups is 1. The number of allylic oxidation sites excluding steroid dienone is 1. The average molecular weight is 326 g/mol. The number of H-pyrrole nitrogens is 1. The standard InChI is InChI=1S/C17H15FN4S/c18-13-5-3-12(4-6-13)16-10-14(19-20-16)11-22-8-7-15(21-22)17-2-1-9-23-17/h1,3-10,17H,2,11H2,(H,19,20). The minimum Gasteiger partial charge on any atom is -0.280 e. The minimum atomic E-state index is -0.243. The summed E-state index contributed by atoms with van der Waals surface area (Å²) in [5.74, 6) is -0.243. The Morgan fingerprint density at radius 2 is 2.13 bits per heavy atom. The molecule has 0 spiro atoms. The van der Waals surface area contributed by atoms with Gasteiger partial charge in [0.1, 0.15) is 5.82 Å². The number of aromatic nitrogens is 4. The summed E-state index contributed by atoms with van der Waals surface area (Å²) in [6, 6.07) is 10.4. The molecule has 6 heteroatoms. The first kappa shape index (κ1) is 14.3. The third-order valence-corrected chi connectivity index (χ3v) is 4.90. The van der Waals surface area contributed by atoms with Crippen molar-refractivity contribution in [3.8, 4) is 11.3 Å². The Morgan fingerprint density at radius 1 is 1.26 bits per heavy atom. The number of rotatable bonds is 4. The molecule has 0 saturated carbocycles. The summed E-state index contributed by atoms with van der Waals surface area (Å²) in [5.41, 5.74) is 3.78. The van der Waals surface area contributed by atoms with Crippen LogP contribution in [0.5, 0.6) is 0 Å². The van der Waals surface area contributed by atoms with Crippen LogP contribution in [0.1, 0.15) is 23.1 Å². The van der Waals surface area contributed by atoms with Gasteiger partial charge in [0.05, 0.1) is 28.9 Å². The van der Waals surface area contributed by atoms with Crippen LogP contribution in [0.15, 0.2) is 54.1 Å². The Balaban J connectivity index is 1.48. The molecule has 23 heavy (non-hydrogen) atoms. The highest BCUT2D eigenvalue weighted by Gasteiger charge is 2.16. The van der Waals surface area contributed by atoms with Crippen LogP contribution in [0.4, 0.5) is 4.39 Å². The third kappa shape index (κ3) is 3.07. The zero-order chi connectivity index (χ0) is 15.6. The summed E-state index contributed by atoms with van der Waals surface area (Å²) in [6.07, 6.45) is 5.21. The summed E-state index contributed by atoms with van der Waals surface area (Å²) >= 11 is 1.81. The lowest BCUT2D eigenvalue weighted by atomic mass is 10.1. The highest BCUT2D eigenvalue weighted by atomic mass is 32.2. The number of benzene rings is 1. The maximum absolute atomic E-state index is 13.0. The van der Waals surface area contributed by atoms with E-state index in [9.17, 15) is 4.39 Å². The van der Waals surface area contributed by atoms with Gasteiger partial charge in [0.2, 0.25) is 0 Å². The number of hydrogen-bond donors (Lipinski definition) is 1. The summed E-state index contributed by atoms with van der Waals surface area (Å²) in [6.45, 7) is 0.638. The molecule has 0 amide bonds. The van der Waals surface area contributed by atoms with Gasteiger partial charge in [-0.05, 0) is 48.2 Å². The molecule has 3 aromatic rings. The first-order chi connectivity index (χ1) is 11.3. The van der Waals surface area contributed by atoms with Gasteiger partial charge < -0.3 is 0 Å². The number of aromatic amines is 1. The number of halogens is 1. The van der Waals surface area contributed by atoms with Gasteiger partial charge in [-0.3, -0.25) is 9.78 Å². The quantitative estimate of drug-likeness (QED) is 0.783. The van der Waals surface area contributed by atoms with E-state index in [1.165, 1.54) is 12.1 Å². The molecular weight excluding hydrogens is 311 g/mol. The van der Waals surface area contributed by atoms with Crippen molar-refractivity contribution >= 4 is 11.8 Å². The molecule has 3 heterocycles. The predicted molar refractivity (Wildman–Crippen MR) is 89.4 cm³/mol. The van der Waals surface area contributed by atoms with Gasteiger partial charge in [0.15, 0.2) is 0 Å². The zero-order valence-electron chi connectivity index (χ0n) is 12.3. The molecule has 1 aromatic carbocycles. The van der Waals surface area contributed by atoms with Crippen LogP contribution in [-0.2, 0) is 6.54 Å². The smallest absolute Gasteiger partial charge is 0.123 e. The van der Waals surface area contributed by atoms with Crippen molar-refractivity contribution in [2.75, 3.05) is 0 Å². The molecule has 116 valence electrons. The first-order valence-corrected chi connectivity index (χ1v) is 8.36. The summed E-state index contributed by atoms with van der Waals surface area (Å²) in [5, 5.41) is 14.5. The Morgan fingerprint density at radius 3 is 2.91 bits per heavy atom. The van der Waals surface area contributed by atoms with Gasteiger partial charge in [-0.15, -0.1) is 11.8 Å². The van der Waals surface area contributed by atoms with E-state index in [1.807, 2.05) is 28.7 Å². The van der Waals surface area contributed by atoms with Crippen molar-refractivity contribution in [1.29, 1.82) is 0 Å². The Labute approximate surface area is 137 Å². The maximum Gasteiger partial charge on any atom is 0.123 e. The molecule has 1 aliphatic heterocycles. The van der Waals surface area contributed by atoms with Gasteiger partial charge in [-0.1, -0.05) is 6.08 Å². The molecule has 1 N–H and O–H groups in total. The second-order valence-corrected chi connectivity index (χ2v) is 6.57. The van der Waals surface area contributed by atoms with Gasteiger partial charge in [0.25, 0.3) is 0 Å². The highest BCUT2D eigenvalue weighted by molar-refractivity contribution is 8.02. The normalized spacial score (nSPS) is 17.0. The van der Waals surface area contributed by atoms with E-state index in [2.05, 4.69) is 32.8 Å². The van der Waals surface area contributed by atoms with Crippen LogP contribution in [0.3, 0.4) is 0 Å². The van der Waals surface area contributed by atoms with Crippen LogP contribution in [0.25, 0.3) is 11.3 Å². The van der Waals surface area contributed by atoms with Crippen molar-refractivity contribution in [1.82, 2.24) is 20.0 Å². The zero-order valence-corrected chi connectivity index (χ0v) is 13.1. The summed E-state index contributed by atoms with van der Waals surface area (Å²) in [4.78, 5) is 0. The fraction of sp³-hybridized carbons (Fsp3) is 0.176. The van der Waals surface area contributed by atoms with Gasteiger partial charge in [-0.25, -0.2) is 4.39 Å². The van der Waals surface area contributed by atoms with Crippen molar-refractivity contribution in [3.63, 3.8) is 0 Å². The molecule has 4 rings (SSSR count). The van der Waals surface area contributed by atoms with Gasteiger partial charge >= 0.3 is 0 Å². The van der Waals surface area contributed by atoms with Crippen molar-refractivity contribution in [2.24, 2.45) is 0 Å².